The Hall–Kier alpha value is -1.62. The molecule has 0 aliphatic carbocycles. The molecule has 0 aromatic heterocycles. The number of ether oxygens (including phenoxy) is 1. The van der Waals surface area contributed by atoms with Crippen LogP contribution in [0.5, 0.6) is 0 Å². The Kier molecular flexibility index (Phi) is 7.34. The van der Waals surface area contributed by atoms with Gasteiger partial charge in [0.25, 0.3) is 8.32 Å². The molecule has 0 radical (unpaired) electrons. The average Bonchev–Trinajstić information content (AvgIpc) is 2.75. The third-order valence-corrected chi connectivity index (χ3v) is 10.9. The van der Waals surface area contributed by atoms with Gasteiger partial charge in [-0.25, -0.2) is 0 Å². The lowest BCUT2D eigenvalue weighted by molar-refractivity contribution is -0.298. The molecule has 1 aliphatic heterocycles. The Bertz CT molecular complexity index is 787. The summed E-state index contributed by atoms with van der Waals surface area (Å²) in [4.78, 5) is 0. The molecule has 1 heterocycles. The van der Waals surface area contributed by atoms with Crippen LogP contribution in [-0.4, -0.2) is 77.3 Å². The van der Waals surface area contributed by atoms with Crippen molar-refractivity contribution in [3.8, 4) is 0 Å². The first-order valence-corrected chi connectivity index (χ1v) is 12.3. The van der Waals surface area contributed by atoms with Crippen molar-refractivity contribution < 1.29 is 34.7 Å². The van der Waals surface area contributed by atoms with Gasteiger partial charge in [-0.05, 0) is 15.4 Å². The molecule has 31 heavy (non-hydrogen) atoms. The Labute approximate surface area is 183 Å². The van der Waals surface area contributed by atoms with E-state index in [9.17, 15) is 25.5 Å². The van der Waals surface area contributed by atoms with Crippen molar-refractivity contribution in [3.05, 3.63) is 60.7 Å². The van der Waals surface area contributed by atoms with Gasteiger partial charge in [-0.15, -0.1) is 0 Å². The van der Waals surface area contributed by atoms with Crippen molar-refractivity contribution >= 4 is 18.7 Å². The van der Waals surface area contributed by atoms with E-state index in [-0.39, 0.29) is 11.6 Å². The van der Waals surface area contributed by atoms with E-state index < -0.39 is 45.1 Å². The van der Waals surface area contributed by atoms with E-state index in [4.69, 9.17) is 9.16 Å². The Morgan fingerprint density at radius 2 is 1.32 bits per heavy atom. The van der Waals surface area contributed by atoms with Crippen molar-refractivity contribution in [2.24, 2.45) is 0 Å². The number of rotatable bonds is 6. The molecule has 6 atom stereocenters. The van der Waals surface area contributed by atoms with Crippen LogP contribution in [0, 0.1) is 0 Å². The fourth-order valence-corrected chi connectivity index (χ4v) is 8.85. The lowest BCUT2D eigenvalue weighted by Gasteiger charge is -2.45. The predicted octanol–water partition coefficient (Wildman–Crippen LogP) is -0.276. The predicted molar refractivity (Wildman–Crippen MR) is 118 cm³/mol. The van der Waals surface area contributed by atoms with Gasteiger partial charge in [0.2, 0.25) is 0 Å². The second kappa shape index (κ2) is 9.48. The minimum absolute atomic E-state index is 0.190. The Morgan fingerprint density at radius 1 is 0.839 bits per heavy atom. The summed E-state index contributed by atoms with van der Waals surface area (Å²) in [5.41, 5.74) is 0. The second-order valence-corrected chi connectivity index (χ2v) is 13.3. The molecule has 7 nitrogen and oxygen atoms in total. The summed E-state index contributed by atoms with van der Waals surface area (Å²) < 4.78 is 11.8. The molecule has 2 aromatic rings. The summed E-state index contributed by atoms with van der Waals surface area (Å²) in [5.74, 6) is 0. The maximum Gasteiger partial charge on any atom is 0.261 e. The molecular weight excluding hydrogens is 416 g/mol. The van der Waals surface area contributed by atoms with Crippen LogP contribution in [0.1, 0.15) is 20.8 Å². The van der Waals surface area contributed by atoms with Gasteiger partial charge < -0.3 is 34.7 Å². The summed E-state index contributed by atoms with van der Waals surface area (Å²) in [5, 5.41) is 52.3. The van der Waals surface area contributed by atoms with E-state index in [1.54, 1.807) is 0 Å². The minimum atomic E-state index is -2.92. The highest BCUT2D eigenvalue weighted by Gasteiger charge is 2.52. The van der Waals surface area contributed by atoms with Crippen LogP contribution in [0.25, 0.3) is 0 Å². The van der Waals surface area contributed by atoms with E-state index in [2.05, 4.69) is 20.8 Å². The maximum absolute atomic E-state index is 10.8. The van der Waals surface area contributed by atoms with Crippen LogP contribution < -0.4 is 10.4 Å². The Balaban J connectivity index is 1.95. The van der Waals surface area contributed by atoms with Crippen LogP contribution in [0.4, 0.5) is 0 Å². The molecule has 1 saturated heterocycles. The number of hydrogen-bond donors (Lipinski definition) is 5. The van der Waals surface area contributed by atoms with Gasteiger partial charge in [-0.1, -0.05) is 81.4 Å². The molecular formula is C23H32O7Si. The lowest BCUT2D eigenvalue weighted by Crippen LogP contribution is -2.68. The van der Waals surface area contributed by atoms with Crippen LogP contribution in [0.2, 0.25) is 5.04 Å². The zero-order chi connectivity index (χ0) is 22.8. The smallest absolute Gasteiger partial charge is 0.261 e. The van der Waals surface area contributed by atoms with Gasteiger partial charge in [0, 0.05) is 0 Å². The number of aliphatic hydroxyl groups is 5. The van der Waals surface area contributed by atoms with Gasteiger partial charge in [-0.2, -0.15) is 0 Å². The number of aliphatic hydroxyl groups excluding tert-OH is 5. The molecule has 0 saturated carbocycles. The highest BCUT2D eigenvalue weighted by molar-refractivity contribution is 6.99. The Morgan fingerprint density at radius 3 is 1.77 bits per heavy atom. The van der Waals surface area contributed by atoms with Crippen molar-refractivity contribution in [1.29, 1.82) is 0 Å². The SMILES string of the molecule is CC(C)(C)[Si](OCC(O)[C@H]1O[C@H](O)[C@H](O)[C@@H](O)[C@H]1O)(c1ccccc1)c1ccccc1. The largest absolute Gasteiger partial charge is 0.405 e. The van der Waals surface area contributed by atoms with Crippen LogP contribution in [0.15, 0.2) is 60.7 Å². The highest BCUT2D eigenvalue weighted by atomic mass is 28.4. The zero-order valence-electron chi connectivity index (χ0n) is 18.0. The van der Waals surface area contributed by atoms with Gasteiger partial charge in [0.1, 0.15) is 30.5 Å². The molecule has 3 rings (SSSR count). The summed E-state index contributed by atoms with van der Waals surface area (Å²) in [6.07, 6.45) is -9.24. The molecule has 8 heteroatoms. The quantitative estimate of drug-likeness (QED) is 0.386. The maximum atomic E-state index is 10.8. The fourth-order valence-electron chi connectivity index (χ4n) is 4.27. The topological polar surface area (TPSA) is 120 Å². The fraction of sp³-hybridized carbons (Fsp3) is 0.478. The monoisotopic (exact) mass is 448 g/mol. The molecule has 0 bridgehead atoms. The summed E-state index contributed by atoms with van der Waals surface area (Å²) in [6, 6.07) is 19.8. The van der Waals surface area contributed by atoms with Gasteiger partial charge >= 0.3 is 0 Å². The molecule has 0 amide bonds. The lowest BCUT2D eigenvalue weighted by atomic mass is 9.96. The average molecular weight is 449 g/mol. The number of benzene rings is 2. The first-order chi connectivity index (χ1) is 14.6. The molecule has 170 valence electrons. The van der Waals surface area contributed by atoms with E-state index >= 15 is 0 Å². The molecule has 1 fully saturated rings. The minimum Gasteiger partial charge on any atom is -0.405 e. The molecule has 0 spiro atoms. The normalized spacial score (nSPS) is 28.3. The van der Waals surface area contributed by atoms with Gasteiger partial charge in [0.05, 0.1) is 6.61 Å². The molecule has 1 aliphatic rings. The van der Waals surface area contributed by atoms with Crippen LogP contribution >= 0.6 is 0 Å². The van der Waals surface area contributed by atoms with Crippen molar-refractivity contribution in [2.75, 3.05) is 6.61 Å². The molecule has 2 aromatic carbocycles. The van der Waals surface area contributed by atoms with E-state index in [1.807, 2.05) is 60.7 Å². The molecule has 1 unspecified atom stereocenters. The van der Waals surface area contributed by atoms with Crippen LogP contribution in [0.3, 0.4) is 0 Å². The first kappa shape index (κ1) is 24.0. The standard InChI is InChI=1S/C23H32O7Si/c1-23(2,3)31(15-10-6-4-7-11-15,16-12-8-5-9-13-16)29-14-17(24)21-19(26)18(25)20(27)22(28)30-21/h4-13,17-22,24-28H,14H2,1-3H3/t17?,18-,19+,20+,21+,22-/m0/s1. The third kappa shape index (κ3) is 4.62. The van der Waals surface area contributed by atoms with E-state index in [0.717, 1.165) is 10.4 Å². The summed E-state index contributed by atoms with van der Waals surface area (Å²) in [7, 11) is -2.92. The summed E-state index contributed by atoms with van der Waals surface area (Å²) in [6.45, 7) is 6.11. The molecule has 5 N–H and O–H groups in total. The first-order valence-electron chi connectivity index (χ1n) is 10.4. The summed E-state index contributed by atoms with van der Waals surface area (Å²) >= 11 is 0. The van der Waals surface area contributed by atoms with Crippen molar-refractivity contribution in [1.82, 2.24) is 0 Å². The van der Waals surface area contributed by atoms with E-state index in [0.29, 0.717) is 0 Å². The zero-order valence-corrected chi connectivity index (χ0v) is 19.0. The van der Waals surface area contributed by atoms with Crippen LogP contribution in [-0.2, 0) is 9.16 Å². The van der Waals surface area contributed by atoms with Gasteiger partial charge in [-0.3, -0.25) is 0 Å². The van der Waals surface area contributed by atoms with Gasteiger partial charge in [0.15, 0.2) is 6.29 Å². The van der Waals surface area contributed by atoms with Crippen molar-refractivity contribution in [3.63, 3.8) is 0 Å². The van der Waals surface area contributed by atoms with Crippen molar-refractivity contribution in [2.45, 2.75) is 62.6 Å². The second-order valence-electron chi connectivity index (χ2n) is 9.00. The number of hydrogen-bond acceptors (Lipinski definition) is 7. The van der Waals surface area contributed by atoms with E-state index in [1.165, 1.54) is 0 Å². The highest BCUT2D eigenvalue weighted by Crippen LogP contribution is 2.37. The third-order valence-electron chi connectivity index (χ3n) is 5.89.